The predicted molar refractivity (Wildman–Crippen MR) is 88.0 cm³/mol. The van der Waals surface area contributed by atoms with Crippen molar-refractivity contribution in [3.63, 3.8) is 0 Å². The fourth-order valence-electron chi connectivity index (χ4n) is 2.35. The first-order valence-corrected chi connectivity index (χ1v) is 7.18. The highest BCUT2D eigenvalue weighted by atomic mass is 16.5. The van der Waals surface area contributed by atoms with Crippen molar-refractivity contribution in [2.75, 3.05) is 0 Å². The number of benzene rings is 3. The minimum absolute atomic E-state index is 0.492. The summed E-state index contributed by atoms with van der Waals surface area (Å²) in [5.74, 6) is 0.758. The third kappa shape index (κ3) is 3.23. The third-order valence-corrected chi connectivity index (χ3v) is 3.51. The summed E-state index contributed by atoms with van der Waals surface area (Å²) in [7, 11) is 0. The van der Waals surface area contributed by atoms with Crippen LogP contribution in [0.1, 0.15) is 15.9 Å². The number of carbonyl (C=O) groups excluding carboxylic acids is 1. The molecular weight excluding hydrogens is 272 g/mol. The van der Waals surface area contributed by atoms with Crippen LogP contribution in [0.2, 0.25) is 0 Å². The maximum absolute atomic E-state index is 10.7. The molecule has 0 atom stereocenters. The van der Waals surface area contributed by atoms with Crippen LogP contribution in [0.15, 0.2) is 78.9 Å². The Labute approximate surface area is 130 Å². The standard InChI is InChI=1S/C20H16O2/c21-14-16-10-12-19(13-11-16)22-15-18-8-4-5-9-20(18)17-6-2-1-3-7-17/h1-14H,15H2. The number of carbonyl (C=O) groups is 1. The summed E-state index contributed by atoms with van der Waals surface area (Å²) >= 11 is 0. The molecule has 0 spiro atoms. The van der Waals surface area contributed by atoms with E-state index in [-0.39, 0.29) is 0 Å². The largest absolute Gasteiger partial charge is 0.489 e. The Morgan fingerprint density at radius 3 is 2.18 bits per heavy atom. The molecule has 0 aromatic heterocycles. The fourth-order valence-corrected chi connectivity index (χ4v) is 2.35. The number of aldehydes is 1. The van der Waals surface area contributed by atoms with Crippen LogP contribution in [0.4, 0.5) is 0 Å². The molecule has 3 aromatic carbocycles. The summed E-state index contributed by atoms with van der Waals surface area (Å²) in [6.45, 7) is 0.492. The second-order valence-electron chi connectivity index (χ2n) is 5.00. The van der Waals surface area contributed by atoms with E-state index < -0.39 is 0 Å². The molecule has 0 unspecified atom stereocenters. The number of rotatable bonds is 5. The van der Waals surface area contributed by atoms with Crippen LogP contribution in [-0.4, -0.2) is 6.29 Å². The molecule has 108 valence electrons. The van der Waals surface area contributed by atoms with Crippen molar-refractivity contribution < 1.29 is 9.53 Å². The average molecular weight is 288 g/mol. The van der Waals surface area contributed by atoms with Gasteiger partial charge >= 0.3 is 0 Å². The van der Waals surface area contributed by atoms with E-state index in [0.29, 0.717) is 12.2 Å². The Bertz CT molecular complexity index is 746. The van der Waals surface area contributed by atoms with Gasteiger partial charge in [0.05, 0.1) is 0 Å². The van der Waals surface area contributed by atoms with Crippen LogP contribution in [0.5, 0.6) is 5.75 Å². The molecule has 2 nitrogen and oxygen atoms in total. The van der Waals surface area contributed by atoms with Crippen LogP contribution < -0.4 is 4.74 Å². The van der Waals surface area contributed by atoms with E-state index in [4.69, 9.17) is 4.74 Å². The SMILES string of the molecule is O=Cc1ccc(OCc2ccccc2-c2ccccc2)cc1. The zero-order chi connectivity index (χ0) is 15.2. The predicted octanol–water partition coefficient (Wildman–Crippen LogP) is 4.75. The third-order valence-electron chi connectivity index (χ3n) is 3.51. The van der Waals surface area contributed by atoms with Crippen LogP contribution >= 0.6 is 0 Å². The van der Waals surface area contributed by atoms with Crippen LogP contribution in [0, 0.1) is 0 Å². The van der Waals surface area contributed by atoms with Crippen molar-refractivity contribution in [1.82, 2.24) is 0 Å². The van der Waals surface area contributed by atoms with E-state index in [1.165, 1.54) is 11.1 Å². The van der Waals surface area contributed by atoms with Gasteiger partial charge in [0.25, 0.3) is 0 Å². The second-order valence-corrected chi connectivity index (χ2v) is 5.00. The van der Waals surface area contributed by atoms with Crippen LogP contribution in [0.25, 0.3) is 11.1 Å². The lowest BCUT2D eigenvalue weighted by molar-refractivity contribution is 0.112. The van der Waals surface area contributed by atoms with E-state index in [1.54, 1.807) is 12.1 Å². The van der Waals surface area contributed by atoms with Gasteiger partial charge in [0.15, 0.2) is 0 Å². The lowest BCUT2D eigenvalue weighted by Gasteiger charge is -2.11. The molecule has 22 heavy (non-hydrogen) atoms. The Morgan fingerprint density at radius 1 is 0.773 bits per heavy atom. The first kappa shape index (κ1) is 14.1. The molecule has 0 saturated carbocycles. The van der Waals surface area contributed by atoms with Crippen molar-refractivity contribution in [1.29, 1.82) is 0 Å². The van der Waals surface area contributed by atoms with Crippen molar-refractivity contribution in [2.45, 2.75) is 6.61 Å². The summed E-state index contributed by atoms with van der Waals surface area (Å²) in [5, 5.41) is 0. The highest BCUT2D eigenvalue weighted by Crippen LogP contribution is 2.24. The molecule has 3 rings (SSSR count). The average Bonchev–Trinajstić information content (AvgIpc) is 2.61. The number of hydrogen-bond donors (Lipinski definition) is 0. The minimum atomic E-state index is 0.492. The highest BCUT2D eigenvalue weighted by molar-refractivity contribution is 5.74. The Morgan fingerprint density at radius 2 is 1.45 bits per heavy atom. The summed E-state index contributed by atoms with van der Waals surface area (Å²) in [6, 6.07) is 25.6. The Hall–Kier alpha value is -2.87. The topological polar surface area (TPSA) is 26.3 Å². The van der Waals surface area contributed by atoms with E-state index in [1.807, 2.05) is 42.5 Å². The maximum atomic E-state index is 10.7. The molecule has 0 aliphatic carbocycles. The lowest BCUT2D eigenvalue weighted by Crippen LogP contribution is -1.98. The second kappa shape index (κ2) is 6.72. The molecule has 0 bridgehead atoms. The zero-order valence-electron chi connectivity index (χ0n) is 12.1. The van der Waals surface area contributed by atoms with Crippen molar-refractivity contribution in [3.05, 3.63) is 90.0 Å². The van der Waals surface area contributed by atoms with Crippen molar-refractivity contribution in [3.8, 4) is 16.9 Å². The highest BCUT2D eigenvalue weighted by Gasteiger charge is 2.05. The number of hydrogen-bond acceptors (Lipinski definition) is 2. The van der Waals surface area contributed by atoms with E-state index >= 15 is 0 Å². The van der Waals surface area contributed by atoms with Gasteiger partial charge in [-0.05, 0) is 41.0 Å². The monoisotopic (exact) mass is 288 g/mol. The fraction of sp³-hybridized carbons (Fsp3) is 0.0500. The molecule has 0 amide bonds. The summed E-state index contributed by atoms with van der Waals surface area (Å²) < 4.78 is 5.84. The summed E-state index contributed by atoms with van der Waals surface area (Å²) in [4.78, 5) is 10.7. The summed E-state index contributed by atoms with van der Waals surface area (Å²) in [5.41, 5.74) is 4.14. The van der Waals surface area contributed by atoms with Gasteiger partial charge in [-0.1, -0.05) is 54.6 Å². The van der Waals surface area contributed by atoms with E-state index in [0.717, 1.165) is 17.6 Å². The van der Waals surface area contributed by atoms with Gasteiger partial charge in [0.2, 0.25) is 0 Å². The van der Waals surface area contributed by atoms with E-state index in [9.17, 15) is 4.79 Å². The quantitative estimate of drug-likeness (QED) is 0.634. The van der Waals surface area contributed by atoms with Gasteiger partial charge in [-0.25, -0.2) is 0 Å². The maximum Gasteiger partial charge on any atom is 0.150 e. The van der Waals surface area contributed by atoms with Crippen LogP contribution in [0.3, 0.4) is 0 Å². The van der Waals surface area contributed by atoms with Crippen molar-refractivity contribution >= 4 is 6.29 Å². The Balaban J connectivity index is 1.79. The molecule has 0 aliphatic rings. The summed E-state index contributed by atoms with van der Waals surface area (Å²) in [6.07, 6.45) is 0.828. The minimum Gasteiger partial charge on any atom is -0.489 e. The molecule has 0 saturated heterocycles. The lowest BCUT2D eigenvalue weighted by atomic mass is 10.0. The molecule has 0 N–H and O–H groups in total. The van der Waals surface area contributed by atoms with Gasteiger partial charge in [-0.3, -0.25) is 4.79 Å². The molecule has 0 fully saturated rings. The zero-order valence-corrected chi connectivity index (χ0v) is 12.1. The van der Waals surface area contributed by atoms with Crippen molar-refractivity contribution in [2.24, 2.45) is 0 Å². The normalized spacial score (nSPS) is 10.2. The molecule has 0 radical (unpaired) electrons. The first-order chi connectivity index (χ1) is 10.9. The molecule has 0 heterocycles. The van der Waals surface area contributed by atoms with Crippen LogP contribution in [-0.2, 0) is 6.61 Å². The first-order valence-electron chi connectivity index (χ1n) is 7.18. The van der Waals surface area contributed by atoms with Gasteiger partial charge in [-0.15, -0.1) is 0 Å². The molecule has 2 heteroatoms. The van der Waals surface area contributed by atoms with Gasteiger partial charge in [0, 0.05) is 5.56 Å². The van der Waals surface area contributed by atoms with Gasteiger partial charge in [0.1, 0.15) is 18.6 Å². The molecular formula is C20H16O2. The van der Waals surface area contributed by atoms with Gasteiger partial charge in [-0.2, -0.15) is 0 Å². The van der Waals surface area contributed by atoms with E-state index in [2.05, 4.69) is 24.3 Å². The number of ether oxygens (including phenoxy) is 1. The molecule has 3 aromatic rings. The smallest absolute Gasteiger partial charge is 0.150 e. The van der Waals surface area contributed by atoms with Gasteiger partial charge < -0.3 is 4.74 Å². The molecule has 0 aliphatic heterocycles. The Kier molecular flexibility index (Phi) is 4.30.